The van der Waals surface area contributed by atoms with E-state index in [2.05, 4.69) is 29.7 Å². The molecule has 1 fully saturated rings. The normalized spacial score (nSPS) is 24.4. The monoisotopic (exact) mass is 254 g/mol. The Hall–Kier alpha value is -0.420. The number of thiophene rings is 1. The smallest absolute Gasteiger partial charge is 0.0711 e. The minimum atomic E-state index is 0.398. The van der Waals surface area contributed by atoms with E-state index in [4.69, 9.17) is 4.74 Å². The number of nitrogens with one attached hydrogen (secondary N) is 2. The van der Waals surface area contributed by atoms with Gasteiger partial charge in [0.2, 0.25) is 0 Å². The highest BCUT2D eigenvalue weighted by atomic mass is 32.1. The summed E-state index contributed by atoms with van der Waals surface area (Å²) >= 11 is 1.91. The van der Waals surface area contributed by atoms with Crippen LogP contribution in [-0.2, 0) is 17.7 Å². The Morgan fingerprint density at radius 2 is 2.29 bits per heavy atom. The highest BCUT2D eigenvalue weighted by Crippen LogP contribution is 2.16. The van der Waals surface area contributed by atoms with Gasteiger partial charge in [-0.1, -0.05) is 6.92 Å². The molecule has 3 nitrogen and oxygen atoms in total. The van der Waals surface area contributed by atoms with Crippen molar-refractivity contribution >= 4 is 11.3 Å². The highest BCUT2D eigenvalue weighted by Gasteiger charge is 2.22. The quantitative estimate of drug-likeness (QED) is 0.812. The van der Waals surface area contributed by atoms with Gasteiger partial charge in [0.25, 0.3) is 0 Å². The average molecular weight is 254 g/mol. The summed E-state index contributed by atoms with van der Waals surface area (Å²) in [5, 5.41) is 6.99. The van der Waals surface area contributed by atoms with Gasteiger partial charge in [-0.2, -0.15) is 0 Å². The van der Waals surface area contributed by atoms with Crippen LogP contribution in [0.2, 0.25) is 0 Å². The third-order valence-corrected chi connectivity index (χ3v) is 4.50. The molecular weight excluding hydrogens is 232 g/mol. The topological polar surface area (TPSA) is 33.3 Å². The molecule has 2 atom stereocenters. The molecule has 2 rings (SSSR count). The molecule has 1 aliphatic heterocycles. The number of aryl methyl sites for hydroxylation is 1. The van der Waals surface area contributed by atoms with Crippen LogP contribution in [-0.4, -0.2) is 32.3 Å². The maximum Gasteiger partial charge on any atom is 0.0711 e. The fourth-order valence-electron chi connectivity index (χ4n) is 2.19. The summed E-state index contributed by atoms with van der Waals surface area (Å²) in [5.41, 5.74) is 0. The third-order valence-electron chi connectivity index (χ3n) is 3.27. The second-order valence-electron chi connectivity index (χ2n) is 4.55. The van der Waals surface area contributed by atoms with Crippen LogP contribution in [0, 0.1) is 0 Å². The van der Waals surface area contributed by atoms with E-state index in [1.807, 2.05) is 11.3 Å². The van der Waals surface area contributed by atoms with Gasteiger partial charge in [-0.05, 0) is 25.0 Å². The number of hydrogen-bond acceptors (Lipinski definition) is 4. The lowest BCUT2D eigenvalue weighted by Crippen LogP contribution is -2.33. The summed E-state index contributed by atoms with van der Waals surface area (Å²) in [5.74, 6) is 0. The first-order valence-electron chi connectivity index (χ1n) is 6.36. The second-order valence-corrected chi connectivity index (χ2v) is 5.80. The molecule has 0 saturated carbocycles. The van der Waals surface area contributed by atoms with E-state index in [0.29, 0.717) is 12.1 Å². The van der Waals surface area contributed by atoms with Crippen molar-refractivity contribution in [1.82, 2.24) is 10.6 Å². The van der Waals surface area contributed by atoms with Crippen molar-refractivity contribution in [3.05, 3.63) is 21.9 Å². The standard InChI is InChI=1S/C13H22N2OS/c1-3-12-4-5-13(17-12)9-14-7-10-6-11(16-2)8-15-10/h4-5,10-11,14-15H,3,6-9H2,1-2H3. The summed E-state index contributed by atoms with van der Waals surface area (Å²) in [6.45, 7) is 5.21. The number of methoxy groups -OCH3 is 1. The van der Waals surface area contributed by atoms with Crippen LogP contribution in [0.1, 0.15) is 23.1 Å². The average Bonchev–Trinajstić information content (AvgIpc) is 2.97. The van der Waals surface area contributed by atoms with Crippen LogP contribution in [0.15, 0.2) is 12.1 Å². The minimum Gasteiger partial charge on any atom is -0.380 e. The van der Waals surface area contributed by atoms with Crippen LogP contribution in [0.4, 0.5) is 0 Å². The first-order valence-corrected chi connectivity index (χ1v) is 7.18. The lowest BCUT2D eigenvalue weighted by Gasteiger charge is -2.10. The first kappa shape index (κ1) is 13.0. The Bertz CT molecular complexity index is 340. The first-order chi connectivity index (χ1) is 8.31. The zero-order chi connectivity index (χ0) is 12.1. The van der Waals surface area contributed by atoms with E-state index in [1.54, 1.807) is 7.11 Å². The molecule has 1 saturated heterocycles. The van der Waals surface area contributed by atoms with E-state index in [-0.39, 0.29) is 0 Å². The lowest BCUT2D eigenvalue weighted by molar-refractivity contribution is 0.117. The van der Waals surface area contributed by atoms with Gasteiger partial charge in [0, 0.05) is 42.5 Å². The van der Waals surface area contributed by atoms with Gasteiger partial charge in [0.15, 0.2) is 0 Å². The summed E-state index contributed by atoms with van der Waals surface area (Å²) < 4.78 is 5.34. The predicted molar refractivity (Wildman–Crippen MR) is 72.6 cm³/mol. The van der Waals surface area contributed by atoms with Crippen LogP contribution in [0.3, 0.4) is 0 Å². The molecule has 1 aromatic rings. The number of ether oxygens (including phenoxy) is 1. The molecule has 4 heteroatoms. The van der Waals surface area contributed by atoms with E-state index in [0.717, 1.165) is 32.5 Å². The maximum atomic E-state index is 5.34. The van der Waals surface area contributed by atoms with Gasteiger partial charge in [0.05, 0.1) is 6.10 Å². The van der Waals surface area contributed by atoms with E-state index < -0.39 is 0 Å². The van der Waals surface area contributed by atoms with E-state index >= 15 is 0 Å². The Balaban J connectivity index is 1.66. The molecule has 1 aromatic heterocycles. The van der Waals surface area contributed by atoms with Gasteiger partial charge in [0.1, 0.15) is 0 Å². The van der Waals surface area contributed by atoms with Crippen LogP contribution < -0.4 is 10.6 Å². The van der Waals surface area contributed by atoms with E-state index in [9.17, 15) is 0 Å². The SMILES string of the molecule is CCc1ccc(CNCC2CC(OC)CN2)s1. The highest BCUT2D eigenvalue weighted by molar-refractivity contribution is 7.11. The predicted octanol–water partition coefficient (Wildman–Crippen LogP) is 1.78. The Morgan fingerprint density at radius 3 is 2.94 bits per heavy atom. The summed E-state index contributed by atoms with van der Waals surface area (Å²) in [4.78, 5) is 2.91. The number of rotatable bonds is 6. The lowest BCUT2D eigenvalue weighted by atomic mass is 10.2. The van der Waals surface area contributed by atoms with E-state index in [1.165, 1.54) is 9.75 Å². The van der Waals surface area contributed by atoms with Crippen molar-refractivity contribution in [3.8, 4) is 0 Å². The largest absolute Gasteiger partial charge is 0.380 e. The fourth-order valence-corrected chi connectivity index (χ4v) is 3.12. The molecule has 0 aromatic carbocycles. The van der Waals surface area contributed by atoms with Gasteiger partial charge >= 0.3 is 0 Å². The Kier molecular flexibility index (Phi) is 4.98. The zero-order valence-electron chi connectivity index (χ0n) is 10.7. The van der Waals surface area contributed by atoms with Gasteiger partial charge in [-0.3, -0.25) is 0 Å². The van der Waals surface area contributed by atoms with Crippen LogP contribution in [0.5, 0.6) is 0 Å². The molecular formula is C13H22N2OS. The summed E-state index contributed by atoms with van der Waals surface area (Å²) in [7, 11) is 1.79. The Labute approximate surface area is 108 Å². The molecule has 2 heterocycles. The second kappa shape index (κ2) is 6.50. The van der Waals surface area contributed by atoms with Crippen molar-refractivity contribution in [1.29, 1.82) is 0 Å². The molecule has 0 aliphatic carbocycles. The molecule has 0 amide bonds. The summed E-state index contributed by atoms with van der Waals surface area (Å²) in [6, 6.07) is 5.03. The molecule has 0 bridgehead atoms. The van der Waals surface area contributed by atoms with Gasteiger partial charge in [-0.25, -0.2) is 0 Å². The molecule has 1 aliphatic rings. The van der Waals surface area contributed by atoms with Crippen molar-refractivity contribution < 1.29 is 4.74 Å². The van der Waals surface area contributed by atoms with Gasteiger partial charge < -0.3 is 15.4 Å². The molecule has 96 valence electrons. The molecule has 17 heavy (non-hydrogen) atoms. The van der Waals surface area contributed by atoms with Crippen molar-refractivity contribution in [3.63, 3.8) is 0 Å². The fraction of sp³-hybridized carbons (Fsp3) is 0.692. The van der Waals surface area contributed by atoms with Crippen LogP contribution in [0.25, 0.3) is 0 Å². The molecule has 0 radical (unpaired) electrons. The third kappa shape index (κ3) is 3.78. The van der Waals surface area contributed by atoms with Crippen molar-refractivity contribution in [2.24, 2.45) is 0 Å². The minimum absolute atomic E-state index is 0.398. The summed E-state index contributed by atoms with van der Waals surface area (Å²) in [6.07, 6.45) is 2.66. The Morgan fingerprint density at radius 1 is 1.47 bits per heavy atom. The molecule has 0 spiro atoms. The van der Waals surface area contributed by atoms with Crippen LogP contribution >= 0.6 is 11.3 Å². The molecule has 2 unspecified atom stereocenters. The van der Waals surface area contributed by atoms with Crippen molar-refractivity contribution in [2.45, 2.75) is 38.5 Å². The maximum absolute atomic E-state index is 5.34. The van der Waals surface area contributed by atoms with Crippen molar-refractivity contribution in [2.75, 3.05) is 20.2 Å². The number of hydrogen-bond donors (Lipinski definition) is 2. The molecule has 2 N–H and O–H groups in total. The van der Waals surface area contributed by atoms with Gasteiger partial charge in [-0.15, -0.1) is 11.3 Å². The zero-order valence-corrected chi connectivity index (χ0v) is 11.5.